The van der Waals surface area contributed by atoms with Gasteiger partial charge in [0, 0.05) is 11.1 Å². The summed E-state index contributed by atoms with van der Waals surface area (Å²) in [5, 5.41) is 9.06. The molecule has 96 valence electrons. The lowest BCUT2D eigenvalue weighted by Gasteiger charge is -2.15. The molecule has 0 unspecified atom stereocenters. The highest BCUT2D eigenvalue weighted by Gasteiger charge is 2.33. The highest BCUT2D eigenvalue weighted by Crippen LogP contribution is 2.32. The lowest BCUT2D eigenvalue weighted by atomic mass is 10.1. The summed E-state index contributed by atoms with van der Waals surface area (Å²) in [6, 6.07) is 0. The highest BCUT2D eigenvalue weighted by molar-refractivity contribution is 6.17. The van der Waals surface area contributed by atoms with Crippen molar-refractivity contribution in [1.29, 1.82) is 0 Å². The first-order chi connectivity index (χ1) is 7.92. The van der Waals surface area contributed by atoms with E-state index in [2.05, 4.69) is 9.72 Å². The fraction of sp³-hybridized carbons (Fsp3) is 0.444. The van der Waals surface area contributed by atoms with Gasteiger partial charge in [0.1, 0.15) is 0 Å². The standard InChI is InChI=1S/C9H9ClF3NO3/c1-16-8-5(2-10)6(4-15)7(3-14-8)17-9(11,12)13/h3,15H,2,4H2,1H3. The largest absolute Gasteiger partial charge is 0.573 e. The van der Waals surface area contributed by atoms with Crippen LogP contribution in [-0.4, -0.2) is 23.6 Å². The van der Waals surface area contributed by atoms with Crippen molar-refractivity contribution >= 4 is 11.6 Å². The van der Waals surface area contributed by atoms with Gasteiger partial charge in [-0.05, 0) is 0 Å². The van der Waals surface area contributed by atoms with Crippen LogP contribution >= 0.6 is 11.6 Å². The molecule has 1 heterocycles. The maximum absolute atomic E-state index is 12.1. The molecule has 0 aliphatic carbocycles. The molecule has 0 bridgehead atoms. The van der Waals surface area contributed by atoms with E-state index >= 15 is 0 Å². The van der Waals surface area contributed by atoms with Crippen LogP contribution in [0.3, 0.4) is 0 Å². The summed E-state index contributed by atoms with van der Waals surface area (Å²) in [6.07, 6.45) is -4.03. The Morgan fingerprint density at radius 2 is 2.06 bits per heavy atom. The molecule has 0 fully saturated rings. The fourth-order valence-corrected chi connectivity index (χ4v) is 1.53. The van der Waals surface area contributed by atoms with Crippen LogP contribution in [0.4, 0.5) is 13.2 Å². The van der Waals surface area contributed by atoms with Gasteiger partial charge in [-0.15, -0.1) is 24.8 Å². The number of pyridine rings is 1. The number of aliphatic hydroxyl groups excluding tert-OH is 1. The smallest absolute Gasteiger partial charge is 0.481 e. The second kappa shape index (κ2) is 5.42. The molecule has 0 saturated carbocycles. The molecule has 0 atom stereocenters. The van der Waals surface area contributed by atoms with E-state index in [0.717, 1.165) is 6.20 Å². The fourth-order valence-electron chi connectivity index (χ4n) is 1.25. The van der Waals surface area contributed by atoms with Crippen LogP contribution in [0.5, 0.6) is 11.6 Å². The molecule has 0 radical (unpaired) electrons. The minimum Gasteiger partial charge on any atom is -0.481 e. The van der Waals surface area contributed by atoms with E-state index in [-0.39, 0.29) is 22.9 Å². The van der Waals surface area contributed by atoms with Crippen LogP contribution in [0.15, 0.2) is 6.20 Å². The minimum atomic E-state index is -4.86. The van der Waals surface area contributed by atoms with Crippen molar-refractivity contribution < 1.29 is 27.8 Å². The second-order valence-electron chi connectivity index (χ2n) is 2.93. The molecule has 1 aromatic rings. The van der Waals surface area contributed by atoms with Crippen LogP contribution in [0.2, 0.25) is 0 Å². The number of rotatable bonds is 4. The monoisotopic (exact) mass is 271 g/mol. The van der Waals surface area contributed by atoms with Gasteiger partial charge in [-0.1, -0.05) is 0 Å². The van der Waals surface area contributed by atoms with Crippen LogP contribution in [0.1, 0.15) is 11.1 Å². The number of alkyl halides is 4. The first-order valence-corrected chi connectivity index (χ1v) is 4.93. The van der Waals surface area contributed by atoms with Crippen molar-refractivity contribution in [2.24, 2.45) is 0 Å². The quantitative estimate of drug-likeness (QED) is 0.853. The Morgan fingerprint density at radius 1 is 1.41 bits per heavy atom. The molecule has 1 rings (SSSR count). The third-order valence-corrected chi connectivity index (χ3v) is 2.20. The first-order valence-electron chi connectivity index (χ1n) is 4.40. The third-order valence-electron chi connectivity index (χ3n) is 1.93. The van der Waals surface area contributed by atoms with Crippen molar-refractivity contribution in [3.63, 3.8) is 0 Å². The normalized spacial score (nSPS) is 11.4. The molecular weight excluding hydrogens is 263 g/mol. The van der Waals surface area contributed by atoms with Crippen LogP contribution in [-0.2, 0) is 12.5 Å². The Balaban J connectivity index is 3.23. The topological polar surface area (TPSA) is 51.6 Å². The van der Waals surface area contributed by atoms with Gasteiger partial charge in [-0.2, -0.15) is 0 Å². The van der Waals surface area contributed by atoms with E-state index in [1.54, 1.807) is 0 Å². The Morgan fingerprint density at radius 3 is 2.47 bits per heavy atom. The van der Waals surface area contributed by atoms with Gasteiger partial charge in [0.15, 0.2) is 5.75 Å². The van der Waals surface area contributed by atoms with Gasteiger partial charge in [0.2, 0.25) is 5.88 Å². The van der Waals surface area contributed by atoms with E-state index in [9.17, 15) is 13.2 Å². The summed E-state index contributed by atoms with van der Waals surface area (Å²) >= 11 is 5.57. The Hall–Kier alpha value is -1.21. The highest BCUT2D eigenvalue weighted by atomic mass is 35.5. The average molecular weight is 272 g/mol. The number of nitrogens with zero attached hydrogens (tertiary/aromatic N) is 1. The first kappa shape index (κ1) is 13.9. The summed E-state index contributed by atoms with van der Waals surface area (Å²) in [4.78, 5) is 3.62. The number of ether oxygens (including phenoxy) is 2. The van der Waals surface area contributed by atoms with Crippen LogP contribution in [0, 0.1) is 0 Å². The molecular formula is C9H9ClF3NO3. The van der Waals surface area contributed by atoms with Crippen LogP contribution < -0.4 is 9.47 Å². The number of aliphatic hydroxyl groups is 1. The summed E-state index contributed by atoms with van der Waals surface area (Å²) in [7, 11) is 1.30. The molecule has 1 N–H and O–H groups in total. The lowest BCUT2D eigenvalue weighted by molar-refractivity contribution is -0.275. The summed E-state index contributed by atoms with van der Waals surface area (Å²) in [5.41, 5.74) is 0.0718. The van der Waals surface area contributed by atoms with Crippen molar-refractivity contribution in [2.45, 2.75) is 18.8 Å². The number of aromatic nitrogens is 1. The van der Waals surface area contributed by atoms with Crippen molar-refractivity contribution in [1.82, 2.24) is 4.98 Å². The van der Waals surface area contributed by atoms with Gasteiger partial charge < -0.3 is 14.6 Å². The minimum absolute atomic E-state index is 0.0542. The Kier molecular flexibility index (Phi) is 4.41. The molecule has 0 spiro atoms. The van der Waals surface area contributed by atoms with Gasteiger partial charge in [0.05, 0.1) is 25.8 Å². The molecule has 0 amide bonds. The second-order valence-corrected chi connectivity index (χ2v) is 3.20. The molecule has 4 nitrogen and oxygen atoms in total. The van der Waals surface area contributed by atoms with E-state index < -0.39 is 18.7 Å². The molecule has 0 saturated heterocycles. The Bertz CT molecular complexity index is 398. The predicted octanol–water partition coefficient (Wildman–Crippen LogP) is 2.22. The molecule has 1 aromatic heterocycles. The molecule has 0 aromatic carbocycles. The molecule has 17 heavy (non-hydrogen) atoms. The maximum atomic E-state index is 12.1. The molecule has 8 heteroatoms. The average Bonchev–Trinajstić information content (AvgIpc) is 2.26. The summed E-state index contributed by atoms with van der Waals surface area (Å²) in [6.45, 7) is -0.660. The van der Waals surface area contributed by atoms with E-state index in [1.165, 1.54) is 7.11 Å². The maximum Gasteiger partial charge on any atom is 0.573 e. The number of hydrogen-bond acceptors (Lipinski definition) is 4. The van der Waals surface area contributed by atoms with E-state index in [4.69, 9.17) is 21.4 Å². The number of hydrogen-bond donors (Lipinski definition) is 1. The molecule has 0 aliphatic heterocycles. The van der Waals surface area contributed by atoms with Gasteiger partial charge in [-0.25, -0.2) is 4.98 Å². The van der Waals surface area contributed by atoms with Gasteiger partial charge >= 0.3 is 6.36 Å². The third kappa shape index (κ3) is 3.37. The van der Waals surface area contributed by atoms with Crippen LogP contribution in [0.25, 0.3) is 0 Å². The van der Waals surface area contributed by atoms with Crippen molar-refractivity contribution in [2.75, 3.05) is 7.11 Å². The zero-order valence-electron chi connectivity index (χ0n) is 8.71. The van der Waals surface area contributed by atoms with Crippen molar-refractivity contribution in [3.05, 3.63) is 17.3 Å². The lowest BCUT2D eigenvalue weighted by Crippen LogP contribution is -2.19. The number of methoxy groups -OCH3 is 1. The summed E-state index contributed by atoms with van der Waals surface area (Å²) < 4.78 is 44.8. The van der Waals surface area contributed by atoms with Crippen molar-refractivity contribution in [3.8, 4) is 11.6 Å². The zero-order valence-corrected chi connectivity index (χ0v) is 9.47. The van der Waals surface area contributed by atoms with Gasteiger partial charge in [-0.3, -0.25) is 0 Å². The van der Waals surface area contributed by atoms with E-state index in [1.807, 2.05) is 0 Å². The summed E-state index contributed by atoms with van der Waals surface area (Å²) in [5.74, 6) is -0.684. The Labute approximate surface area is 99.9 Å². The molecule has 0 aliphatic rings. The van der Waals surface area contributed by atoms with E-state index in [0.29, 0.717) is 0 Å². The predicted molar refractivity (Wildman–Crippen MR) is 53.0 cm³/mol. The number of halogens is 4. The zero-order chi connectivity index (χ0) is 13.1. The van der Waals surface area contributed by atoms with Gasteiger partial charge in [0.25, 0.3) is 0 Å². The SMILES string of the molecule is COc1ncc(OC(F)(F)F)c(CO)c1CCl.